The van der Waals surface area contributed by atoms with E-state index in [2.05, 4.69) is 22.3 Å². The van der Waals surface area contributed by atoms with Crippen molar-refractivity contribution < 1.29 is 9.72 Å². The van der Waals surface area contributed by atoms with Gasteiger partial charge in [0.25, 0.3) is 0 Å². The Balaban J connectivity index is 1.15. The molecule has 0 saturated heterocycles. The Morgan fingerprint density at radius 3 is 2.15 bits per heavy atom. The van der Waals surface area contributed by atoms with Crippen LogP contribution in [-0.4, -0.2) is 31.6 Å². The molecule has 1 N–H and O–H groups in total. The molecule has 5 atom stereocenters. The third-order valence-corrected chi connectivity index (χ3v) is 11.0. The van der Waals surface area contributed by atoms with Gasteiger partial charge in [-0.05, 0) is 124 Å². The number of nitrogens with one attached hydrogen (secondary N) is 1. The second kappa shape index (κ2) is 6.57. The van der Waals surface area contributed by atoms with E-state index < -0.39 is 4.92 Å². The van der Waals surface area contributed by atoms with Gasteiger partial charge >= 0.3 is 5.95 Å². The Bertz CT molecular complexity index is 968. The van der Waals surface area contributed by atoms with Crippen molar-refractivity contribution in [3.8, 4) is 0 Å². The summed E-state index contributed by atoms with van der Waals surface area (Å²) in [6.07, 6.45) is 15.4. The highest BCUT2D eigenvalue weighted by atomic mass is 16.6. The van der Waals surface area contributed by atoms with E-state index in [0.29, 0.717) is 17.3 Å². The van der Waals surface area contributed by atoms with Crippen molar-refractivity contribution in [3.05, 3.63) is 16.4 Å². The van der Waals surface area contributed by atoms with Gasteiger partial charge in [0, 0.05) is 11.1 Å². The second-order valence-corrected chi connectivity index (χ2v) is 13.2. The normalized spacial score (nSPS) is 47.6. The van der Waals surface area contributed by atoms with E-state index in [1.54, 1.807) is 4.68 Å². The molecule has 9 rings (SSSR count). The summed E-state index contributed by atoms with van der Waals surface area (Å²) in [5, 5.41) is 19.0. The number of hydrogen-bond acceptors (Lipinski definition) is 5. The first-order chi connectivity index (χ1) is 15.8. The summed E-state index contributed by atoms with van der Waals surface area (Å²) >= 11 is 0. The molecule has 2 unspecified atom stereocenters. The van der Waals surface area contributed by atoms with Crippen LogP contribution in [0.4, 0.5) is 5.95 Å². The van der Waals surface area contributed by atoms with Gasteiger partial charge in [0.05, 0.1) is 11.0 Å². The Kier molecular flexibility index (Phi) is 4.06. The number of hydrogen-bond donors (Lipinski definition) is 1. The van der Waals surface area contributed by atoms with Crippen molar-refractivity contribution >= 4 is 11.9 Å². The lowest BCUT2D eigenvalue weighted by Crippen LogP contribution is -2.63. The maximum atomic E-state index is 14.0. The molecule has 8 heteroatoms. The summed E-state index contributed by atoms with van der Waals surface area (Å²) in [5.74, 6) is 3.54. The molecule has 0 aromatic carbocycles. The lowest BCUT2D eigenvalue weighted by Gasteiger charge is -2.61. The van der Waals surface area contributed by atoms with E-state index in [0.717, 1.165) is 49.9 Å². The first-order valence-corrected chi connectivity index (χ1v) is 13.1. The molecule has 1 amide bonds. The first-order valence-electron chi connectivity index (χ1n) is 13.1. The average molecular weight is 454 g/mol. The van der Waals surface area contributed by atoms with Crippen LogP contribution in [0.25, 0.3) is 0 Å². The number of carbonyl (C=O) groups excluding carboxylic acids is 1. The van der Waals surface area contributed by atoms with Gasteiger partial charge in [-0.1, -0.05) is 4.98 Å². The Hall–Kier alpha value is -1.99. The molecule has 8 fully saturated rings. The lowest BCUT2D eigenvalue weighted by atomic mass is 9.46. The molecule has 8 bridgehead atoms. The highest BCUT2D eigenvalue weighted by Crippen LogP contribution is 2.65. The summed E-state index contributed by atoms with van der Waals surface area (Å²) in [4.78, 5) is 28.6. The van der Waals surface area contributed by atoms with Crippen LogP contribution in [0.2, 0.25) is 0 Å². The zero-order valence-corrected chi connectivity index (χ0v) is 19.5. The minimum Gasteiger partial charge on any atom is -0.390 e. The van der Waals surface area contributed by atoms with Crippen molar-refractivity contribution in [2.45, 2.75) is 95.6 Å². The van der Waals surface area contributed by atoms with Gasteiger partial charge in [0.1, 0.15) is 0 Å². The summed E-state index contributed by atoms with van der Waals surface area (Å²) in [5.41, 5.74) is -0.356. The molecule has 1 aromatic rings. The van der Waals surface area contributed by atoms with Gasteiger partial charge in [-0.2, -0.15) is 4.68 Å². The minimum absolute atomic E-state index is 0.231. The fourth-order valence-corrected chi connectivity index (χ4v) is 10.5. The fraction of sp³-hybridized carbons (Fsp3) is 0.880. The standard InChI is InChI=1S/C25H35N5O3/c1-15(23-6-16-2-17(7-23)4-18(3-16)8-23)27-21(31)24-9-19-5-20(10-24)12-25(11-19,13-24)29-14-26-22(28-29)30(32)33/h14-20H,2-13H2,1H3,(H,27,31)/t15-,16?,17?,18?,19-,20+,23?,24?,25?/m1/s1. The molecule has 8 saturated carbocycles. The fourth-order valence-electron chi connectivity index (χ4n) is 10.5. The smallest absolute Gasteiger partial charge is 0.390 e. The van der Waals surface area contributed by atoms with E-state index in [1.807, 2.05) is 0 Å². The summed E-state index contributed by atoms with van der Waals surface area (Å²) < 4.78 is 1.76. The predicted octanol–water partition coefficient (Wildman–Crippen LogP) is 4.20. The highest BCUT2D eigenvalue weighted by Gasteiger charge is 2.63. The number of carbonyl (C=O) groups is 1. The molecular weight excluding hydrogens is 418 g/mol. The Morgan fingerprint density at radius 2 is 1.61 bits per heavy atom. The van der Waals surface area contributed by atoms with Crippen molar-refractivity contribution in [2.75, 3.05) is 0 Å². The lowest BCUT2D eigenvalue weighted by molar-refractivity contribution is -0.394. The van der Waals surface area contributed by atoms with Crippen molar-refractivity contribution in [3.63, 3.8) is 0 Å². The number of rotatable bonds is 5. The number of amides is 1. The summed E-state index contributed by atoms with van der Waals surface area (Å²) in [7, 11) is 0. The number of nitrogens with zero attached hydrogens (tertiary/aromatic N) is 4. The SMILES string of the molecule is C[C@@H](NC(=O)C12C[C@H]3C[C@@H](C1)CC(n1cnc([N+](=O)[O-])n1)(C3)C2)C12CC3CC(CC(C3)C1)C2. The van der Waals surface area contributed by atoms with Crippen LogP contribution in [0.1, 0.15) is 84.0 Å². The van der Waals surface area contributed by atoms with Crippen LogP contribution in [0.3, 0.4) is 0 Å². The zero-order chi connectivity index (χ0) is 22.6. The van der Waals surface area contributed by atoms with Crippen LogP contribution >= 0.6 is 0 Å². The first kappa shape index (κ1) is 20.4. The van der Waals surface area contributed by atoms with Gasteiger partial charge in [-0.15, -0.1) is 0 Å². The molecule has 1 heterocycles. The number of aromatic nitrogens is 3. The van der Waals surface area contributed by atoms with E-state index >= 15 is 0 Å². The molecule has 33 heavy (non-hydrogen) atoms. The van der Waals surface area contributed by atoms with E-state index in [4.69, 9.17) is 0 Å². The van der Waals surface area contributed by atoms with Gasteiger partial charge in [-0.3, -0.25) is 4.79 Å². The minimum atomic E-state index is -0.521. The molecule has 8 aliphatic carbocycles. The molecule has 1 aromatic heterocycles. The Morgan fingerprint density at radius 1 is 1.03 bits per heavy atom. The average Bonchev–Trinajstić information content (AvgIpc) is 3.23. The van der Waals surface area contributed by atoms with Crippen LogP contribution in [0.15, 0.2) is 6.33 Å². The van der Waals surface area contributed by atoms with Gasteiger partial charge in [0.2, 0.25) is 12.2 Å². The largest absolute Gasteiger partial charge is 0.490 e. The molecule has 8 aliphatic rings. The van der Waals surface area contributed by atoms with Crippen molar-refractivity contribution in [1.82, 2.24) is 20.1 Å². The molecule has 178 valence electrons. The third kappa shape index (κ3) is 2.91. The molecule has 0 radical (unpaired) electrons. The van der Waals surface area contributed by atoms with Crippen LogP contribution in [0, 0.1) is 50.5 Å². The topological polar surface area (TPSA) is 103 Å². The van der Waals surface area contributed by atoms with E-state index in [9.17, 15) is 14.9 Å². The zero-order valence-electron chi connectivity index (χ0n) is 19.5. The van der Waals surface area contributed by atoms with Crippen LogP contribution in [0.5, 0.6) is 0 Å². The van der Waals surface area contributed by atoms with E-state index in [1.165, 1.54) is 51.3 Å². The van der Waals surface area contributed by atoms with Gasteiger partial charge < -0.3 is 15.4 Å². The predicted molar refractivity (Wildman–Crippen MR) is 120 cm³/mol. The Labute approximate surface area is 194 Å². The summed E-state index contributed by atoms with van der Waals surface area (Å²) in [6.45, 7) is 2.28. The van der Waals surface area contributed by atoms with Gasteiger partial charge in [-0.25, -0.2) is 0 Å². The molecular formula is C25H35N5O3. The van der Waals surface area contributed by atoms with Crippen molar-refractivity contribution in [2.24, 2.45) is 40.4 Å². The summed E-state index contributed by atoms with van der Waals surface area (Å²) in [6, 6.07) is 0.231. The van der Waals surface area contributed by atoms with Crippen LogP contribution < -0.4 is 5.32 Å². The maximum Gasteiger partial charge on any atom is 0.490 e. The maximum absolute atomic E-state index is 14.0. The van der Waals surface area contributed by atoms with Crippen LogP contribution in [-0.2, 0) is 10.3 Å². The number of nitro groups is 1. The quantitative estimate of drug-likeness (QED) is 0.532. The van der Waals surface area contributed by atoms with Crippen molar-refractivity contribution in [1.29, 1.82) is 0 Å². The van der Waals surface area contributed by atoms with Gasteiger partial charge in [0.15, 0.2) is 0 Å². The second-order valence-electron chi connectivity index (χ2n) is 13.2. The highest BCUT2D eigenvalue weighted by molar-refractivity contribution is 5.83. The van der Waals surface area contributed by atoms with E-state index in [-0.39, 0.29) is 28.9 Å². The monoisotopic (exact) mass is 453 g/mol. The molecule has 0 aliphatic heterocycles. The molecule has 8 nitrogen and oxygen atoms in total. The third-order valence-electron chi connectivity index (χ3n) is 11.0. The molecule has 0 spiro atoms.